The van der Waals surface area contributed by atoms with Gasteiger partial charge in [-0.25, -0.2) is 0 Å². The van der Waals surface area contributed by atoms with Gasteiger partial charge in [-0.1, -0.05) is 26.4 Å². The van der Waals surface area contributed by atoms with Crippen LogP contribution in [0.1, 0.15) is 12.6 Å². The van der Waals surface area contributed by atoms with E-state index in [1.807, 2.05) is 11.8 Å². The van der Waals surface area contributed by atoms with Crippen molar-refractivity contribution in [1.82, 2.24) is 24.5 Å². The minimum atomic E-state index is -9.82. The molecule has 16 heteroatoms. The van der Waals surface area contributed by atoms with Gasteiger partial charge in [-0.2, -0.15) is 9.50 Å². The zero-order valence-electron chi connectivity index (χ0n) is 18.3. The molecule has 0 radical (unpaired) electrons. The molecule has 0 atom stereocenters. The molecule has 1 aromatic carbocycles. The van der Waals surface area contributed by atoms with E-state index in [1.165, 1.54) is 4.57 Å². The van der Waals surface area contributed by atoms with E-state index in [-0.39, 0.29) is 40.4 Å². The standard InChI is InChI=1S/C19H21BrF5N7O2S/c1-2-14-16(30-9-7-26-8-10-30)17(34)32-19(28-18(20)29-32)31(14)11-15(33)27-12-3-5-13(6-4-12)35(21,22,23,24)25/h3-6,26H,2,7-11H2,1H3,(H,27,33). The molecule has 1 fully saturated rings. The molecular formula is C19H21BrF5N7O2S. The first-order valence-electron chi connectivity index (χ1n) is 10.5. The molecule has 0 aliphatic carbocycles. The number of hydrogen-bond donors (Lipinski definition) is 2. The largest absolute Gasteiger partial charge is 0.363 e. The number of rotatable bonds is 6. The average Bonchev–Trinajstić information content (AvgIpc) is 3.16. The van der Waals surface area contributed by atoms with Gasteiger partial charge in [-0.3, -0.25) is 9.59 Å². The zero-order chi connectivity index (χ0) is 25.7. The fourth-order valence-corrected chi connectivity index (χ4v) is 4.90. The first-order valence-corrected chi connectivity index (χ1v) is 13.2. The Morgan fingerprint density at radius 1 is 1.14 bits per heavy atom. The number of nitrogens with zero attached hydrogens (tertiary/aromatic N) is 5. The Hall–Kier alpha value is -2.72. The monoisotopic (exact) mass is 585 g/mol. The molecule has 4 rings (SSSR count). The minimum absolute atomic E-state index is 0.0966. The van der Waals surface area contributed by atoms with Crippen LogP contribution in [0.3, 0.4) is 0 Å². The Morgan fingerprint density at radius 3 is 2.34 bits per heavy atom. The molecule has 1 amide bonds. The van der Waals surface area contributed by atoms with Crippen molar-refractivity contribution in [3.63, 3.8) is 0 Å². The Kier molecular flexibility index (Phi) is 5.92. The van der Waals surface area contributed by atoms with E-state index in [1.54, 1.807) is 0 Å². The molecule has 35 heavy (non-hydrogen) atoms. The number of benzene rings is 1. The molecule has 0 spiro atoms. The second-order valence-electron chi connectivity index (χ2n) is 7.91. The maximum atomic E-state index is 13.2. The van der Waals surface area contributed by atoms with Crippen LogP contribution in [0.25, 0.3) is 5.78 Å². The minimum Gasteiger partial charge on any atom is -0.363 e. The summed E-state index contributed by atoms with van der Waals surface area (Å²) in [5.74, 6) is -0.556. The van der Waals surface area contributed by atoms with E-state index in [9.17, 15) is 29.0 Å². The number of carbonyl (C=O) groups is 1. The molecule has 2 aromatic heterocycles. The summed E-state index contributed by atoms with van der Waals surface area (Å²) in [6.07, 6.45) is 0.376. The lowest BCUT2D eigenvalue weighted by atomic mass is 10.2. The van der Waals surface area contributed by atoms with Gasteiger partial charge in [0.05, 0.1) is 5.69 Å². The van der Waals surface area contributed by atoms with Crippen molar-refractivity contribution in [2.75, 3.05) is 36.4 Å². The normalized spacial score (nSPS) is 16.7. The van der Waals surface area contributed by atoms with Gasteiger partial charge in [0.1, 0.15) is 17.1 Å². The van der Waals surface area contributed by atoms with Crippen LogP contribution in [0.15, 0.2) is 38.7 Å². The molecule has 1 aliphatic rings. The summed E-state index contributed by atoms with van der Waals surface area (Å²) >= 11 is 3.14. The van der Waals surface area contributed by atoms with E-state index in [0.29, 0.717) is 44.0 Å². The number of hydrogen-bond acceptors (Lipinski definition) is 6. The molecule has 0 unspecified atom stereocenters. The molecule has 1 saturated heterocycles. The van der Waals surface area contributed by atoms with Crippen molar-refractivity contribution in [3.05, 3.63) is 45.0 Å². The van der Waals surface area contributed by atoms with Crippen LogP contribution in [0.4, 0.5) is 30.8 Å². The number of fused-ring (bicyclic) bond motifs is 1. The Bertz CT molecular complexity index is 1350. The van der Waals surface area contributed by atoms with Crippen LogP contribution in [-0.4, -0.2) is 51.3 Å². The smallest absolute Gasteiger partial charge is 0.310 e. The van der Waals surface area contributed by atoms with Gasteiger partial charge >= 0.3 is 10.2 Å². The number of halogens is 6. The lowest BCUT2D eigenvalue weighted by Crippen LogP contribution is -2.47. The van der Waals surface area contributed by atoms with Crippen LogP contribution in [0.5, 0.6) is 0 Å². The van der Waals surface area contributed by atoms with Gasteiger partial charge in [0.15, 0.2) is 0 Å². The number of carbonyl (C=O) groups excluding carboxylic acids is 1. The summed E-state index contributed by atoms with van der Waals surface area (Å²) in [7, 11) is -9.82. The highest BCUT2D eigenvalue weighted by Crippen LogP contribution is 3.02. The molecule has 3 heterocycles. The molecule has 0 saturated carbocycles. The average molecular weight is 586 g/mol. The molecule has 2 N–H and O–H groups in total. The number of nitrogens with one attached hydrogen (secondary N) is 2. The van der Waals surface area contributed by atoms with Crippen LogP contribution >= 0.6 is 26.2 Å². The van der Waals surface area contributed by atoms with Crippen LogP contribution in [0.2, 0.25) is 0 Å². The van der Waals surface area contributed by atoms with Crippen molar-refractivity contribution in [2.45, 2.75) is 24.8 Å². The van der Waals surface area contributed by atoms with Crippen molar-refractivity contribution in [1.29, 1.82) is 0 Å². The third-order valence-electron chi connectivity index (χ3n) is 5.45. The summed E-state index contributed by atoms with van der Waals surface area (Å²) in [4.78, 5) is 30.1. The highest BCUT2D eigenvalue weighted by Gasteiger charge is 2.65. The Labute approximate surface area is 204 Å². The zero-order valence-corrected chi connectivity index (χ0v) is 20.7. The maximum absolute atomic E-state index is 13.2. The van der Waals surface area contributed by atoms with E-state index >= 15 is 0 Å². The Balaban J connectivity index is 1.69. The van der Waals surface area contributed by atoms with E-state index in [0.717, 1.165) is 16.6 Å². The Morgan fingerprint density at radius 2 is 1.77 bits per heavy atom. The molecule has 192 valence electrons. The lowest BCUT2D eigenvalue weighted by molar-refractivity contribution is -0.116. The number of aromatic nitrogens is 4. The fourth-order valence-electron chi connectivity index (χ4n) is 3.93. The number of piperazine rings is 1. The van der Waals surface area contributed by atoms with E-state index in [4.69, 9.17) is 0 Å². The number of amides is 1. The fraction of sp³-hybridized carbons (Fsp3) is 0.368. The summed E-state index contributed by atoms with van der Waals surface area (Å²) in [6, 6.07) is 1.97. The maximum Gasteiger partial charge on any atom is 0.310 e. The molecule has 1 aliphatic heterocycles. The molecule has 0 bridgehead atoms. The van der Waals surface area contributed by atoms with Gasteiger partial charge in [0, 0.05) is 31.9 Å². The lowest BCUT2D eigenvalue weighted by Gasteiger charge is -2.40. The second-order valence-corrected chi connectivity index (χ2v) is 11.0. The van der Waals surface area contributed by atoms with Crippen LogP contribution < -0.4 is 21.1 Å². The van der Waals surface area contributed by atoms with Crippen molar-refractivity contribution in [3.8, 4) is 0 Å². The van der Waals surface area contributed by atoms with Crippen LogP contribution in [-0.2, 0) is 17.8 Å². The highest BCUT2D eigenvalue weighted by molar-refractivity contribution is 9.10. The highest BCUT2D eigenvalue weighted by atomic mass is 79.9. The quantitative estimate of drug-likeness (QED) is 0.426. The summed E-state index contributed by atoms with van der Waals surface area (Å²) in [5, 5.41) is 9.69. The molecular weight excluding hydrogens is 565 g/mol. The topological polar surface area (TPSA) is 96.6 Å². The predicted octanol–water partition coefficient (Wildman–Crippen LogP) is 3.92. The first kappa shape index (κ1) is 25.4. The summed E-state index contributed by atoms with van der Waals surface area (Å²) < 4.78 is 67.4. The van der Waals surface area contributed by atoms with Gasteiger partial charge in [-0.15, -0.1) is 5.10 Å². The molecule has 3 aromatic rings. The van der Waals surface area contributed by atoms with Gasteiger partial charge in [-0.05, 0) is 46.6 Å². The van der Waals surface area contributed by atoms with Crippen molar-refractivity contribution < 1.29 is 24.2 Å². The summed E-state index contributed by atoms with van der Waals surface area (Å²) in [6.45, 7) is 3.92. The van der Waals surface area contributed by atoms with Crippen molar-refractivity contribution >= 4 is 49.2 Å². The number of anilines is 2. The third kappa shape index (κ3) is 5.28. The van der Waals surface area contributed by atoms with E-state index < -0.39 is 21.0 Å². The van der Waals surface area contributed by atoms with Gasteiger partial charge in [0.25, 0.3) is 5.56 Å². The second kappa shape index (κ2) is 8.16. The third-order valence-corrected chi connectivity index (χ3v) is 6.95. The van der Waals surface area contributed by atoms with E-state index in [2.05, 4.69) is 36.6 Å². The van der Waals surface area contributed by atoms with Gasteiger partial charge < -0.3 is 20.1 Å². The predicted molar refractivity (Wildman–Crippen MR) is 126 cm³/mol. The van der Waals surface area contributed by atoms with Gasteiger partial charge in [0.2, 0.25) is 16.4 Å². The first-order chi connectivity index (χ1) is 16.2. The summed E-state index contributed by atoms with van der Waals surface area (Å²) in [5.41, 5.74) is 0.434. The van der Waals surface area contributed by atoms with Crippen molar-refractivity contribution in [2.24, 2.45) is 0 Å². The SMILES string of the molecule is CCc1c(N2CCNCC2)c(=O)n2nc(Br)nc2n1CC(=O)Nc1ccc(S(F)(F)(F)(F)F)cc1. The molecule has 9 nitrogen and oxygen atoms in total. The van der Waals surface area contributed by atoms with Crippen LogP contribution in [0, 0.1) is 0 Å².